The Kier molecular flexibility index (Phi) is 6.46. The van der Waals surface area contributed by atoms with Gasteiger partial charge in [0.2, 0.25) is 0 Å². The van der Waals surface area contributed by atoms with E-state index in [2.05, 4.69) is 5.32 Å². The van der Waals surface area contributed by atoms with Crippen LogP contribution < -0.4 is 14.8 Å². The summed E-state index contributed by atoms with van der Waals surface area (Å²) in [6.07, 6.45) is -4.55. The first-order chi connectivity index (χ1) is 12.4. The molecule has 0 saturated heterocycles. The summed E-state index contributed by atoms with van der Waals surface area (Å²) >= 11 is 0. The van der Waals surface area contributed by atoms with E-state index >= 15 is 0 Å². The van der Waals surface area contributed by atoms with Crippen LogP contribution in [0, 0.1) is 0 Å². The number of benzene rings is 2. The van der Waals surface area contributed by atoms with Gasteiger partial charge in [-0.1, -0.05) is 12.1 Å². The van der Waals surface area contributed by atoms with Crippen LogP contribution in [-0.4, -0.2) is 33.3 Å². The third-order valence-corrected chi connectivity index (χ3v) is 3.45. The second kappa shape index (κ2) is 8.57. The van der Waals surface area contributed by atoms with Crippen LogP contribution in [-0.2, 0) is 10.9 Å². The summed E-state index contributed by atoms with van der Waals surface area (Å²) in [5.41, 5.74) is -0.797. The van der Waals surface area contributed by atoms with Crippen molar-refractivity contribution in [2.45, 2.75) is 6.18 Å². The van der Waals surface area contributed by atoms with Crippen molar-refractivity contribution in [3.8, 4) is 11.5 Å². The molecule has 0 aromatic heterocycles. The highest BCUT2D eigenvalue weighted by molar-refractivity contribution is 6.06. The van der Waals surface area contributed by atoms with E-state index in [9.17, 15) is 18.0 Å². The van der Waals surface area contributed by atoms with E-state index < -0.39 is 17.6 Å². The molecule has 0 unspecified atom stereocenters. The summed E-state index contributed by atoms with van der Waals surface area (Å²) < 4.78 is 54.3. The number of carbonyl (C=O) groups is 1. The minimum Gasteiger partial charge on any atom is -0.496 e. The Bertz CT molecular complexity index is 762. The summed E-state index contributed by atoms with van der Waals surface area (Å²) in [6, 6.07) is 9.27. The van der Waals surface area contributed by atoms with Crippen LogP contribution in [0.15, 0.2) is 42.5 Å². The third-order valence-electron chi connectivity index (χ3n) is 3.45. The van der Waals surface area contributed by atoms with Crippen molar-refractivity contribution in [2.75, 3.05) is 32.8 Å². The first kappa shape index (κ1) is 19.6. The summed E-state index contributed by atoms with van der Waals surface area (Å²) in [6.45, 7) is 0.375. The average molecular weight is 369 g/mol. The molecule has 0 heterocycles. The van der Waals surface area contributed by atoms with Crippen molar-refractivity contribution in [3.63, 3.8) is 0 Å². The molecular formula is C18H18F3NO4. The highest BCUT2D eigenvalue weighted by atomic mass is 19.4. The molecule has 8 heteroatoms. The van der Waals surface area contributed by atoms with Gasteiger partial charge in [0, 0.05) is 7.11 Å². The molecule has 1 amide bonds. The van der Waals surface area contributed by atoms with Gasteiger partial charge in [0.15, 0.2) is 0 Å². The predicted octanol–water partition coefficient (Wildman–Crippen LogP) is 3.99. The molecule has 2 aromatic carbocycles. The molecule has 0 saturated carbocycles. The summed E-state index contributed by atoms with van der Waals surface area (Å²) in [4.78, 5) is 12.5. The quantitative estimate of drug-likeness (QED) is 0.750. The highest BCUT2D eigenvalue weighted by Crippen LogP contribution is 2.35. The van der Waals surface area contributed by atoms with Crippen molar-refractivity contribution >= 4 is 11.6 Å². The topological polar surface area (TPSA) is 56.8 Å². The number of hydrogen-bond donors (Lipinski definition) is 1. The fraction of sp³-hybridized carbons (Fsp3) is 0.278. The molecule has 5 nitrogen and oxygen atoms in total. The lowest BCUT2D eigenvalue weighted by molar-refractivity contribution is -0.137. The van der Waals surface area contributed by atoms with Gasteiger partial charge in [-0.25, -0.2) is 0 Å². The van der Waals surface area contributed by atoms with Crippen LogP contribution in [0.25, 0.3) is 0 Å². The van der Waals surface area contributed by atoms with Gasteiger partial charge in [-0.3, -0.25) is 4.79 Å². The normalized spacial score (nSPS) is 11.1. The zero-order valence-corrected chi connectivity index (χ0v) is 14.2. The molecule has 0 atom stereocenters. The van der Waals surface area contributed by atoms with Crippen molar-refractivity contribution in [2.24, 2.45) is 0 Å². The molecule has 0 spiro atoms. The highest BCUT2D eigenvalue weighted by Gasteiger charge is 2.31. The van der Waals surface area contributed by atoms with Gasteiger partial charge in [0.05, 0.1) is 30.5 Å². The maximum atomic E-state index is 13.0. The Balaban J connectivity index is 2.33. The number of hydrogen-bond acceptors (Lipinski definition) is 4. The van der Waals surface area contributed by atoms with Crippen LogP contribution in [0.3, 0.4) is 0 Å². The van der Waals surface area contributed by atoms with Gasteiger partial charge >= 0.3 is 6.18 Å². The fourth-order valence-corrected chi connectivity index (χ4v) is 2.19. The molecule has 26 heavy (non-hydrogen) atoms. The number of alkyl halides is 3. The molecular weight excluding hydrogens is 351 g/mol. The average Bonchev–Trinajstić information content (AvgIpc) is 2.62. The second-order valence-corrected chi connectivity index (χ2v) is 5.20. The maximum absolute atomic E-state index is 13.0. The SMILES string of the molecule is COCCOc1ccc(C(F)(F)F)cc1NC(=O)c1ccccc1OC. The number of nitrogens with one attached hydrogen (secondary N) is 1. The van der Waals surface area contributed by atoms with E-state index in [1.165, 1.54) is 20.3 Å². The molecule has 0 bridgehead atoms. The van der Waals surface area contributed by atoms with E-state index in [1.807, 2.05) is 0 Å². The standard InChI is InChI=1S/C18H18F3NO4/c1-24-9-10-26-16-8-7-12(18(19,20)21)11-14(16)22-17(23)13-5-3-4-6-15(13)25-2/h3-8,11H,9-10H2,1-2H3,(H,22,23). The Labute approximate surface area is 148 Å². The predicted molar refractivity (Wildman–Crippen MR) is 89.8 cm³/mol. The Morgan fingerprint density at radius 3 is 2.42 bits per heavy atom. The number of amides is 1. The molecule has 2 aromatic rings. The number of ether oxygens (including phenoxy) is 3. The molecule has 2 rings (SSSR count). The Morgan fingerprint density at radius 2 is 1.77 bits per heavy atom. The van der Waals surface area contributed by atoms with Crippen LogP contribution in [0.1, 0.15) is 15.9 Å². The number of methoxy groups -OCH3 is 2. The van der Waals surface area contributed by atoms with E-state index in [0.29, 0.717) is 5.75 Å². The van der Waals surface area contributed by atoms with Gasteiger partial charge in [-0.15, -0.1) is 0 Å². The molecule has 0 aliphatic rings. The lowest BCUT2D eigenvalue weighted by Gasteiger charge is -2.16. The van der Waals surface area contributed by atoms with Crippen LogP contribution in [0.5, 0.6) is 11.5 Å². The summed E-state index contributed by atoms with van der Waals surface area (Å²) in [5, 5.41) is 2.46. The number of anilines is 1. The fourth-order valence-electron chi connectivity index (χ4n) is 2.19. The maximum Gasteiger partial charge on any atom is 0.416 e. The lowest BCUT2D eigenvalue weighted by Crippen LogP contribution is -2.16. The zero-order valence-electron chi connectivity index (χ0n) is 14.2. The minimum atomic E-state index is -4.55. The third kappa shape index (κ3) is 4.89. The second-order valence-electron chi connectivity index (χ2n) is 5.20. The van der Waals surface area contributed by atoms with Gasteiger partial charge < -0.3 is 19.5 Å². The van der Waals surface area contributed by atoms with Crippen molar-refractivity contribution in [1.29, 1.82) is 0 Å². The molecule has 140 valence electrons. The summed E-state index contributed by atoms with van der Waals surface area (Å²) in [7, 11) is 2.87. The van der Waals surface area contributed by atoms with Crippen LogP contribution in [0.4, 0.5) is 18.9 Å². The first-order valence-electron chi connectivity index (χ1n) is 7.64. The van der Waals surface area contributed by atoms with E-state index in [-0.39, 0.29) is 30.2 Å². The molecule has 0 radical (unpaired) electrons. The number of rotatable bonds is 7. The van der Waals surface area contributed by atoms with E-state index in [1.54, 1.807) is 18.2 Å². The van der Waals surface area contributed by atoms with Gasteiger partial charge in [-0.05, 0) is 30.3 Å². The Hall–Kier alpha value is -2.74. The molecule has 1 N–H and O–H groups in total. The van der Waals surface area contributed by atoms with Crippen molar-refractivity contribution in [1.82, 2.24) is 0 Å². The van der Waals surface area contributed by atoms with Gasteiger partial charge in [-0.2, -0.15) is 13.2 Å². The monoisotopic (exact) mass is 369 g/mol. The lowest BCUT2D eigenvalue weighted by atomic mass is 10.1. The first-order valence-corrected chi connectivity index (χ1v) is 7.64. The van der Waals surface area contributed by atoms with Crippen LogP contribution >= 0.6 is 0 Å². The van der Waals surface area contributed by atoms with Crippen molar-refractivity contribution in [3.05, 3.63) is 53.6 Å². The zero-order chi connectivity index (χ0) is 19.2. The van der Waals surface area contributed by atoms with Gasteiger partial charge in [0.25, 0.3) is 5.91 Å². The number of halogens is 3. The van der Waals surface area contributed by atoms with E-state index in [0.717, 1.165) is 18.2 Å². The minimum absolute atomic E-state index is 0.0909. The van der Waals surface area contributed by atoms with Gasteiger partial charge in [0.1, 0.15) is 18.1 Å². The largest absolute Gasteiger partial charge is 0.496 e. The number of carbonyl (C=O) groups excluding carboxylic acids is 1. The summed E-state index contributed by atoms with van der Waals surface area (Å²) in [5.74, 6) is -0.199. The molecule has 0 fully saturated rings. The number of para-hydroxylation sites is 1. The van der Waals surface area contributed by atoms with Crippen LogP contribution in [0.2, 0.25) is 0 Å². The van der Waals surface area contributed by atoms with E-state index in [4.69, 9.17) is 14.2 Å². The smallest absolute Gasteiger partial charge is 0.416 e. The molecule has 0 aliphatic heterocycles. The Morgan fingerprint density at radius 1 is 1.04 bits per heavy atom. The molecule has 0 aliphatic carbocycles. The van der Waals surface area contributed by atoms with Crippen molar-refractivity contribution < 1.29 is 32.2 Å².